The van der Waals surface area contributed by atoms with E-state index < -0.39 is 34.7 Å². The largest absolute Gasteiger partial charge is 0.417 e. The van der Waals surface area contributed by atoms with Gasteiger partial charge in [-0.3, -0.25) is 18.7 Å². The van der Waals surface area contributed by atoms with Crippen molar-refractivity contribution in [2.75, 3.05) is 5.32 Å². The van der Waals surface area contributed by atoms with E-state index >= 15 is 0 Å². The fourth-order valence-electron chi connectivity index (χ4n) is 3.61. The Morgan fingerprint density at radius 2 is 1.85 bits per heavy atom. The summed E-state index contributed by atoms with van der Waals surface area (Å²) in [6.07, 6.45) is -5.02. The van der Waals surface area contributed by atoms with Crippen molar-refractivity contribution >= 4 is 33.3 Å². The molecule has 0 aliphatic rings. The van der Waals surface area contributed by atoms with Gasteiger partial charge in [-0.2, -0.15) is 13.2 Å². The van der Waals surface area contributed by atoms with Crippen molar-refractivity contribution in [2.45, 2.75) is 12.6 Å². The fourth-order valence-corrected chi connectivity index (χ4v) is 4.34. The first-order valence-corrected chi connectivity index (χ1v) is 10.7. The lowest BCUT2D eigenvalue weighted by Gasteiger charge is -2.11. The SMILES string of the molecule is Cn1c(=O)c2c(CC(=O)Nc3nc(-c4ccc(F)cc4C(F)(F)F)cs3)cccc2n(C)c1=O. The summed E-state index contributed by atoms with van der Waals surface area (Å²) >= 11 is 0.905. The average molecular weight is 492 g/mol. The molecule has 0 radical (unpaired) electrons. The van der Waals surface area contributed by atoms with Crippen molar-refractivity contribution < 1.29 is 22.4 Å². The minimum absolute atomic E-state index is 0.0398. The fraction of sp³-hybridized carbons (Fsp3) is 0.182. The molecule has 0 unspecified atom stereocenters. The highest BCUT2D eigenvalue weighted by Gasteiger charge is 2.34. The normalized spacial score (nSPS) is 11.7. The van der Waals surface area contributed by atoms with Gasteiger partial charge in [0.05, 0.1) is 28.6 Å². The summed E-state index contributed by atoms with van der Waals surface area (Å²) in [5.41, 5.74) is -1.87. The maximum atomic E-state index is 13.4. The molecule has 0 aliphatic carbocycles. The van der Waals surface area contributed by atoms with Crippen molar-refractivity contribution in [3.63, 3.8) is 0 Å². The number of nitrogens with zero attached hydrogens (tertiary/aromatic N) is 3. The Hall–Kier alpha value is -3.80. The van der Waals surface area contributed by atoms with Gasteiger partial charge in [0.15, 0.2) is 5.13 Å². The zero-order chi connectivity index (χ0) is 24.8. The number of amides is 1. The Balaban J connectivity index is 1.62. The van der Waals surface area contributed by atoms with E-state index in [2.05, 4.69) is 10.3 Å². The van der Waals surface area contributed by atoms with Gasteiger partial charge in [-0.05, 0) is 29.8 Å². The molecule has 0 saturated heterocycles. The Labute approximate surface area is 192 Å². The number of alkyl halides is 3. The number of thiazole rings is 1. The summed E-state index contributed by atoms with van der Waals surface area (Å²) in [6.45, 7) is 0. The van der Waals surface area contributed by atoms with Crippen LogP contribution in [0.25, 0.3) is 22.2 Å². The molecule has 12 heteroatoms. The second kappa shape index (κ2) is 8.52. The van der Waals surface area contributed by atoms with E-state index in [0.29, 0.717) is 17.1 Å². The number of fused-ring (bicyclic) bond motifs is 1. The molecule has 2 aromatic heterocycles. The van der Waals surface area contributed by atoms with Crippen LogP contribution in [0.15, 0.2) is 51.4 Å². The van der Waals surface area contributed by atoms with Crippen molar-refractivity contribution in [1.82, 2.24) is 14.1 Å². The molecular weight excluding hydrogens is 476 g/mol. The Kier molecular flexibility index (Phi) is 5.86. The standard InChI is InChI=1S/C22H16F4N4O3S/c1-29-16-5-3-4-11(18(16)19(32)30(2)21(29)33)8-17(31)28-20-27-15(10-34-20)13-7-6-12(23)9-14(13)22(24,25)26/h3-7,9-10H,8H2,1-2H3,(H,27,28,31). The second-order valence-electron chi connectivity index (χ2n) is 7.47. The van der Waals surface area contributed by atoms with Crippen LogP contribution >= 0.6 is 11.3 Å². The number of benzene rings is 2. The number of carbonyl (C=O) groups excluding carboxylic acids is 1. The molecule has 2 aromatic carbocycles. The van der Waals surface area contributed by atoms with Crippen LogP contribution < -0.4 is 16.6 Å². The van der Waals surface area contributed by atoms with E-state index in [1.807, 2.05) is 0 Å². The molecule has 4 rings (SSSR count). The molecule has 1 N–H and O–H groups in total. The maximum absolute atomic E-state index is 13.4. The highest BCUT2D eigenvalue weighted by Crippen LogP contribution is 2.38. The van der Waals surface area contributed by atoms with Crippen LogP contribution in [0.3, 0.4) is 0 Å². The van der Waals surface area contributed by atoms with Gasteiger partial charge in [0, 0.05) is 25.0 Å². The van der Waals surface area contributed by atoms with Crippen LogP contribution in [0, 0.1) is 5.82 Å². The molecule has 7 nitrogen and oxygen atoms in total. The number of hydrogen-bond donors (Lipinski definition) is 1. The van der Waals surface area contributed by atoms with Gasteiger partial charge in [-0.15, -0.1) is 11.3 Å². The molecule has 0 atom stereocenters. The highest BCUT2D eigenvalue weighted by atomic mass is 32.1. The van der Waals surface area contributed by atoms with Crippen LogP contribution in [-0.2, 0) is 31.5 Å². The van der Waals surface area contributed by atoms with Gasteiger partial charge in [-0.25, -0.2) is 14.2 Å². The first kappa shape index (κ1) is 23.4. The maximum Gasteiger partial charge on any atom is 0.417 e. The lowest BCUT2D eigenvalue weighted by atomic mass is 10.0. The topological polar surface area (TPSA) is 86.0 Å². The van der Waals surface area contributed by atoms with E-state index in [-0.39, 0.29) is 28.2 Å². The van der Waals surface area contributed by atoms with Crippen molar-refractivity contribution in [3.8, 4) is 11.3 Å². The third-order valence-electron chi connectivity index (χ3n) is 5.25. The zero-order valence-electron chi connectivity index (χ0n) is 17.7. The molecule has 34 heavy (non-hydrogen) atoms. The van der Waals surface area contributed by atoms with E-state index in [4.69, 9.17) is 0 Å². The lowest BCUT2D eigenvalue weighted by Crippen LogP contribution is -2.37. The Bertz CT molecular complexity index is 1550. The summed E-state index contributed by atoms with van der Waals surface area (Å²) < 4.78 is 55.5. The summed E-state index contributed by atoms with van der Waals surface area (Å²) in [5.74, 6) is -1.59. The van der Waals surface area contributed by atoms with E-state index in [1.54, 1.807) is 18.2 Å². The van der Waals surface area contributed by atoms with Crippen LogP contribution in [0.2, 0.25) is 0 Å². The van der Waals surface area contributed by atoms with E-state index in [0.717, 1.165) is 28.0 Å². The van der Waals surface area contributed by atoms with E-state index in [1.165, 1.54) is 24.0 Å². The number of nitrogens with one attached hydrogen (secondary N) is 1. The lowest BCUT2D eigenvalue weighted by molar-refractivity contribution is -0.137. The molecule has 2 heterocycles. The summed E-state index contributed by atoms with van der Waals surface area (Å²) in [7, 11) is 2.85. The van der Waals surface area contributed by atoms with Crippen LogP contribution in [0.1, 0.15) is 11.1 Å². The molecule has 176 valence electrons. The van der Waals surface area contributed by atoms with Gasteiger partial charge in [0.1, 0.15) is 5.82 Å². The van der Waals surface area contributed by atoms with Crippen LogP contribution in [-0.4, -0.2) is 20.0 Å². The van der Waals surface area contributed by atoms with Crippen LogP contribution in [0.4, 0.5) is 22.7 Å². The monoisotopic (exact) mass is 492 g/mol. The number of aromatic nitrogens is 3. The van der Waals surface area contributed by atoms with Crippen molar-refractivity contribution in [3.05, 3.63) is 79.6 Å². The smallest absolute Gasteiger partial charge is 0.302 e. The molecule has 0 bridgehead atoms. The van der Waals surface area contributed by atoms with Gasteiger partial charge in [-0.1, -0.05) is 12.1 Å². The van der Waals surface area contributed by atoms with Crippen molar-refractivity contribution in [1.29, 1.82) is 0 Å². The minimum Gasteiger partial charge on any atom is -0.302 e. The summed E-state index contributed by atoms with van der Waals surface area (Å²) in [4.78, 5) is 41.5. The second-order valence-corrected chi connectivity index (χ2v) is 8.33. The van der Waals surface area contributed by atoms with E-state index in [9.17, 15) is 31.9 Å². The number of aryl methyl sites for hydroxylation is 1. The number of anilines is 1. The predicted molar refractivity (Wildman–Crippen MR) is 119 cm³/mol. The van der Waals surface area contributed by atoms with Crippen molar-refractivity contribution in [2.24, 2.45) is 14.1 Å². The molecular formula is C22H16F4N4O3S. The zero-order valence-corrected chi connectivity index (χ0v) is 18.6. The van der Waals surface area contributed by atoms with Gasteiger partial charge in [0.25, 0.3) is 5.56 Å². The predicted octanol–water partition coefficient (Wildman–Crippen LogP) is 3.70. The Morgan fingerprint density at radius 3 is 2.56 bits per heavy atom. The average Bonchev–Trinajstić information content (AvgIpc) is 3.23. The summed E-state index contributed by atoms with van der Waals surface area (Å²) in [5, 5.41) is 4.08. The quantitative estimate of drug-likeness (QED) is 0.441. The van der Waals surface area contributed by atoms with Gasteiger partial charge >= 0.3 is 11.9 Å². The molecule has 0 spiro atoms. The first-order chi connectivity index (χ1) is 16.0. The summed E-state index contributed by atoms with van der Waals surface area (Å²) in [6, 6.07) is 7.05. The molecule has 0 fully saturated rings. The number of carbonyl (C=O) groups is 1. The molecule has 1 amide bonds. The number of rotatable bonds is 4. The highest BCUT2D eigenvalue weighted by molar-refractivity contribution is 7.14. The minimum atomic E-state index is -4.79. The molecule has 0 saturated carbocycles. The Morgan fingerprint density at radius 1 is 1.12 bits per heavy atom. The molecule has 4 aromatic rings. The first-order valence-electron chi connectivity index (χ1n) is 9.77. The van der Waals surface area contributed by atoms with Gasteiger partial charge in [0.2, 0.25) is 5.91 Å². The third kappa shape index (κ3) is 4.23. The van der Waals surface area contributed by atoms with Gasteiger partial charge < -0.3 is 5.32 Å². The molecule has 0 aliphatic heterocycles. The van der Waals surface area contributed by atoms with Crippen LogP contribution in [0.5, 0.6) is 0 Å². The third-order valence-corrected chi connectivity index (χ3v) is 6.00. The number of halogens is 4. The number of hydrogen-bond acceptors (Lipinski definition) is 5.